The summed E-state index contributed by atoms with van der Waals surface area (Å²) in [5.74, 6) is 1.97. The van der Waals surface area contributed by atoms with E-state index >= 15 is 0 Å². The quantitative estimate of drug-likeness (QED) is 0.845. The molecule has 0 saturated heterocycles. The van der Waals surface area contributed by atoms with Crippen LogP contribution in [0.1, 0.15) is 25.8 Å². The topological polar surface area (TPSA) is 57.4 Å². The monoisotopic (exact) mass is 286 g/mol. The van der Waals surface area contributed by atoms with Crippen LogP contribution in [0.2, 0.25) is 0 Å². The molecule has 21 heavy (non-hydrogen) atoms. The molecule has 2 N–H and O–H groups in total. The Morgan fingerprint density at radius 1 is 1.14 bits per heavy atom. The van der Waals surface area contributed by atoms with Crippen molar-refractivity contribution in [3.8, 4) is 17.4 Å². The lowest BCUT2D eigenvalue weighted by Gasteiger charge is -2.11. The summed E-state index contributed by atoms with van der Waals surface area (Å²) in [4.78, 5) is 4.32. The minimum Gasteiger partial charge on any atom is -0.490 e. The number of hydrogen-bond donors (Lipinski definition) is 1. The third-order valence-electron chi connectivity index (χ3n) is 2.88. The van der Waals surface area contributed by atoms with Gasteiger partial charge in [0.2, 0.25) is 5.88 Å². The first-order valence-electron chi connectivity index (χ1n) is 7.29. The molecule has 0 radical (unpaired) electrons. The smallest absolute Gasteiger partial charge is 0.219 e. The Morgan fingerprint density at radius 3 is 2.52 bits per heavy atom. The molecule has 112 valence electrons. The highest BCUT2D eigenvalue weighted by molar-refractivity contribution is 5.41. The largest absolute Gasteiger partial charge is 0.490 e. The predicted molar refractivity (Wildman–Crippen MR) is 83.9 cm³/mol. The molecule has 0 amide bonds. The summed E-state index contributed by atoms with van der Waals surface area (Å²) >= 11 is 0. The Hall–Kier alpha value is -2.07. The molecule has 4 nitrogen and oxygen atoms in total. The second-order valence-electron chi connectivity index (χ2n) is 5.08. The lowest BCUT2D eigenvalue weighted by Crippen LogP contribution is -2.17. The van der Waals surface area contributed by atoms with Gasteiger partial charge in [-0.05, 0) is 37.5 Å². The van der Waals surface area contributed by atoms with Crippen LogP contribution in [-0.4, -0.2) is 17.6 Å². The molecule has 1 heterocycles. The zero-order valence-corrected chi connectivity index (χ0v) is 12.6. The van der Waals surface area contributed by atoms with E-state index in [9.17, 15) is 0 Å². The highest BCUT2D eigenvalue weighted by Gasteiger charge is 2.06. The van der Waals surface area contributed by atoms with Crippen LogP contribution in [0.15, 0.2) is 42.6 Å². The summed E-state index contributed by atoms with van der Waals surface area (Å²) in [5.41, 5.74) is 6.88. The lowest BCUT2D eigenvalue weighted by molar-refractivity contribution is 0.301. The SMILES string of the molecule is CCCOc1ccccc1Oc1ccc(CC(C)N)cn1. The fourth-order valence-electron chi connectivity index (χ4n) is 1.94. The van der Waals surface area contributed by atoms with E-state index in [1.165, 1.54) is 0 Å². The molecule has 0 aliphatic rings. The molecule has 2 aromatic rings. The molecule has 1 aromatic heterocycles. The second-order valence-corrected chi connectivity index (χ2v) is 5.08. The first-order chi connectivity index (χ1) is 10.2. The van der Waals surface area contributed by atoms with E-state index in [1.807, 2.05) is 43.3 Å². The van der Waals surface area contributed by atoms with Crippen molar-refractivity contribution < 1.29 is 9.47 Å². The molecule has 0 aliphatic heterocycles. The summed E-state index contributed by atoms with van der Waals surface area (Å²) in [6, 6.07) is 11.6. The molecule has 1 aromatic carbocycles. The number of rotatable bonds is 7. The van der Waals surface area contributed by atoms with Crippen molar-refractivity contribution in [3.63, 3.8) is 0 Å². The Kier molecular flexibility index (Phi) is 5.58. The molecular formula is C17H22N2O2. The Morgan fingerprint density at radius 2 is 1.90 bits per heavy atom. The van der Waals surface area contributed by atoms with E-state index in [0.29, 0.717) is 18.2 Å². The number of benzene rings is 1. The first kappa shape index (κ1) is 15.3. The van der Waals surface area contributed by atoms with Gasteiger partial charge in [-0.15, -0.1) is 0 Å². The van der Waals surface area contributed by atoms with Gasteiger partial charge in [0.1, 0.15) is 0 Å². The van der Waals surface area contributed by atoms with Gasteiger partial charge in [0, 0.05) is 18.3 Å². The first-order valence-corrected chi connectivity index (χ1v) is 7.29. The number of ether oxygens (including phenoxy) is 2. The van der Waals surface area contributed by atoms with Crippen LogP contribution >= 0.6 is 0 Å². The molecule has 0 bridgehead atoms. The van der Waals surface area contributed by atoms with Crippen molar-refractivity contribution in [1.29, 1.82) is 0 Å². The zero-order valence-electron chi connectivity index (χ0n) is 12.6. The summed E-state index contributed by atoms with van der Waals surface area (Å²) in [6.45, 7) is 4.72. The maximum absolute atomic E-state index is 5.80. The van der Waals surface area contributed by atoms with Crippen molar-refractivity contribution in [3.05, 3.63) is 48.2 Å². The van der Waals surface area contributed by atoms with Crippen molar-refractivity contribution in [2.75, 3.05) is 6.61 Å². The van der Waals surface area contributed by atoms with E-state index in [2.05, 4.69) is 11.9 Å². The van der Waals surface area contributed by atoms with Crippen LogP contribution in [0.3, 0.4) is 0 Å². The predicted octanol–water partition coefficient (Wildman–Crippen LogP) is 3.55. The van der Waals surface area contributed by atoms with E-state index < -0.39 is 0 Å². The van der Waals surface area contributed by atoms with E-state index in [1.54, 1.807) is 6.20 Å². The van der Waals surface area contributed by atoms with Gasteiger partial charge in [-0.2, -0.15) is 0 Å². The Balaban J connectivity index is 2.07. The minimum absolute atomic E-state index is 0.127. The average Bonchev–Trinajstić information content (AvgIpc) is 2.48. The molecule has 0 aliphatic carbocycles. The van der Waals surface area contributed by atoms with Gasteiger partial charge in [0.05, 0.1) is 6.61 Å². The third-order valence-corrected chi connectivity index (χ3v) is 2.88. The highest BCUT2D eigenvalue weighted by Crippen LogP contribution is 2.30. The van der Waals surface area contributed by atoms with Gasteiger partial charge in [0.25, 0.3) is 0 Å². The molecule has 0 saturated carbocycles. The molecule has 1 unspecified atom stereocenters. The van der Waals surface area contributed by atoms with Crippen molar-refractivity contribution in [2.45, 2.75) is 32.7 Å². The minimum atomic E-state index is 0.127. The van der Waals surface area contributed by atoms with Gasteiger partial charge in [0.15, 0.2) is 11.5 Å². The molecule has 0 fully saturated rings. The van der Waals surface area contributed by atoms with Crippen molar-refractivity contribution in [1.82, 2.24) is 4.98 Å². The second kappa shape index (κ2) is 7.64. The van der Waals surface area contributed by atoms with Crippen LogP contribution in [-0.2, 0) is 6.42 Å². The van der Waals surface area contributed by atoms with Crippen LogP contribution in [0.25, 0.3) is 0 Å². The van der Waals surface area contributed by atoms with Gasteiger partial charge in [-0.3, -0.25) is 0 Å². The molecule has 1 atom stereocenters. The maximum Gasteiger partial charge on any atom is 0.219 e. The number of pyridine rings is 1. The fraction of sp³-hybridized carbons (Fsp3) is 0.353. The van der Waals surface area contributed by atoms with Crippen molar-refractivity contribution >= 4 is 0 Å². The Labute approximate surface area is 125 Å². The fourth-order valence-corrected chi connectivity index (χ4v) is 1.94. The molecule has 0 spiro atoms. The molecular weight excluding hydrogens is 264 g/mol. The summed E-state index contributed by atoms with van der Waals surface area (Å²) in [6.07, 6.45) is 3.57. The number of para-hydroxylation sites is 2. The number of aromatic nitrogens is 1. The molecule has 4 heteroatoms. The highest BCUT2D eigenvalue weighted by atomic mass is 16.5. The average molecular weight is 286 g/mol. The van der Waals surface area contributed by atoms with Crippen LogP contribution < -0.4 is 15.2 Å². The van der Waals surface area contributed by atoms with E-state index in [-0.39, 0.29) is 6.04 Å². The number of nitrogens with zero attached hydrogens (tertiary/aromatic N) is 1. The normalized spacial score (nSPS) is 12.0. The van der Waals surface area contributed by atoms with Gasteiger partial charge >= 0.3 is 0 Å². The van der Waals surface area contributed by atoms with Crippen molar-refractivity contribution in [2.24, 2.45) is 5.73 Å². The van der Waals surface area contributed by atoms with Crippen LogP contribution in [0, 0.1) is 0 Å². The van der Waals surface area contributed by atoms with E-state index in [4.69, 9.17) is 15.2 Å². The third kappa shape index (κ3) is 4.76. The van der Waals surface area contributed by atoms with Gasteiger partial charge in [-0.25, -0.2) is 4.98 Å². The summed E-state index contributed by atoms with van der Waals surface area (Å²) in [7, 11) is 0. The molecule has 2 rings (SSSR count). The number of hydrogen-bond acceptors (Lipinski definition) is 4. The summed E-state index contributed by atoms with van der Waals surface area (Å²) in [5, 5.41) is 0. The zero-order chi connectivity index (χ0) is 15.1. The summed E-state index contributed by atoms with van der Waals surface area (Å²) < 4.78 is 11.5. The standard InChI is InChI=1S/C17H22N2O2/c1-3-10-20-15-6-4-5-7-16(15)21-17-9-8-14(12-19-17)11-13(2)18/h4-9,12-13H,3,10-11,18H2,1-2H3. The van der Waals surface area contributed by atoms with E-state index in [0.717, 1.165) is 24.2 Å². The van der Waals surface area contributed by atoms with Gasteiger partial charge in [-0.1, -0.05) is 25.1 Å². The van der Waals surface area contributed by atoms with Crippen LogP contribution in [0.5, 0.6) is 17.4 Å². The Bertz CT molecular complexity index is 553. The van der Waals surface area contributed by atoms with Gasteiger partial charge < -0.3 is 15.2 Å². The van der Waals surface area contributed by atoms with Crippen LogP contribution in [0.4, 0.5) is 0 Å². The number of nitrogens with two attached hydrogens (primary N) is 1. The lowest BCUT2D eigenvalue weighted by atomic mass is 10.1. The maximum atomic E-state index is 5.80.